The monoisotopic (exact) mass is 1170 g/mol. The molecule has 1 N–H and O–H groups in total. The quantitative estimate of drug-likeness (QED) is 0.0874. The molecule has 83 heavy (non-hydrogen) atoms. The Balaban J connectivity index is 0.845. The Morgan fingerprint density at radius 2 is 1.41 bits per heavy atom. The summed E-state index contributed by atoms with van der Waals surface area (Å²) in [7, 11) is -4.59. The van der Waals surface area contributed by atoms with Crippen LogP contribution in [0.3, 0.4) is 0 Å². The van der Waals surface area contributed by atoms with Crippen LogP contribution in [0.1, 0.15) is 78.6 Å². The molecule has 0 saturated carbocycles. The first-order chi connectivity index (χ1) is 40.1. The Kier molecular flexibility index (Phi) is 16.0. The Bertz CT molecular complexity index is 3680. The molecule has 0 radical (unpaired) electrons. The van der Waals surface area contributed by atoms with Crippen LogP contribution in [-0.2, 0) is 20.3 Å². The highest BCUT2D eigenvalue weighted by atomic mass is 35.5. The van der Waals surface area contributed by atoms with Crippen LogP contribution in [0.2, 0.25) is 10.0 Å². The molecule has 3 aliphatic heterocycles. The van der Waals surface area contributed by atoms with Crippen LogP contribution in [0, 0.1) is 5.41 Å². The van der Waals surface area contributed by atoms with E-state index in [-0.39, 0.29) is 52.0 Å². The van der Waals surface area contributed by atoms with Crippen molar-refractivity contribution in [2.75, 3.05) is 70.5 Å². The summed E-state index contributed by atoms with van der Waals surface area (Å²) >= 11 is 12.9. The highest BCUT2D eigenvalue weighted by Gasteiger charge is 2.42. The number of nitrogens with zero attached hydrogens (tertiary/aromatic N) is 6. The molecule has 3 fully saturated rings. The van der Waals surface area contributed by atoms with Crippen LogP contribution in [0.15, 0.2) is 181 Å². The summed E-state index contributed by atoms with van der Waals surface area (Å²) in [5.41, 5.74) is 6.24. The summed E-state index contributed by atoms with van der Waals surface area (Å²) in [4.78, 5) is 25.4. The van der Waals surface area contributed by atoms with Crippen LogP contribution < -0.4 is 19.1 Å². The van der Waals surface area contributed by atoms with Crippen LogP contribution in [0.5, 0.6) is 17.4 Å². The Morgan fingerprint density at radius 3 is 2.02 bits per heavy atom. The molecule has 3 saturated heterocycles. The van der Waals surface area contributed by atoms with Crippen molar-refractivity contribution >= 4 is 61.3 Å². The van der Waals surface area contributed by atoms with Gasteiger partial charge in [-0.2, -0.15) is 5.10 Å². The number of carbonyl (C=O) groups is 1. The number of hydrogen-bond acceptors (Lipinski definition) is 11. The van der Waals surface area contributed by atoms with Gasteiger partial charge in [0, 0.05) is 62.6 Å². The number of piperidine rings is 1. The van der Waals surface area contributed by atoms with Gasteiger partial charge in [0.05, 0.1) is 48.1 Å². The van der Waals surface area contributed by atoms with Crippen molar-refractivity contribution in [3.05, 3.63) is 214 Å². The van der Waals surface area contributed by atoms with Crippen molar-refractivity contribution in [2.45, 2.75) is 68.1 Å². The summed E-state index contributed by atoms with van der Waals surface area (Å²) in [6.07, 6.45) is 6.51. The van der Waals surface area contributed by atoms with Crippen molar-refractivity contribution in [1.29, 1.82) is 0 Å². The smallest absolute Gasteiger partial charge is 0.268 e. The molecule has 12 rings (SSSR count). The van der Waals surface area contributed by atoms with Crippen molar-refractivity contribution < 1.29 is 31.8 Å². The van der Waals surface area contributed by atoms with Gasteiger partial charge in [0.2, 0.25) is 5.88 Å². The average Bonchev–Trinajstić information content (AvgIpc) is 3.04. The third-order valence-corrected chi connectivity index (χ3v) is 18.9. The molecule has 0 spiro atoms. The van der Waals surface area contributed by atoms with Gasteiger partial charge in [-0.25, -0.2) is 27.2 Å². The van der Waals surface area contributed by atoms with E-state index in [0.29, 0.717) is 56.6 Å². The molecule has 1 amide bonds. The first kappa shape index (κ1) is 56.4. The normalized spacial score (nSPS) is 18.0. The standard InChI is InChI=1S/C66H66Cl2FN7O6S/c1-64(2)28-27-47(56(39-64)46-21-23-51(67)24-22-46)42-73-33-35-75(36-34-73)52-25-26-55(62(77)72-83(78,79)54-38-58(68)63(70-40-54)81-45-65(69)29-31-74(32-30-65)53-43-80-44-53)61(37-52)82-60-20-12-19-59-57(60)41-71-76(59)66(48-13-6-3-7-14-48,49-15-8-4-9-16-49)50-17-10-5-11-18-50/h3-26,37-38,40-41,53H,27-36,39,42-45H2,1-2H3,(H,72,77). The lowest BCUT2D eigenvalue weighted by molar-refractivity contribution is -0.0892. The largest absolute Gasteiger partial charge is 0.473 e. The zero-order chi connectivity index (χ0) is 57.3. The molecule has 0 unspecified atom stereocenters. The van der Waals surface area contributed by atoms with Gasteiger partial charge in [-0.3, -0.25) is 14.6 Å². The minimum Gasteiger partial charge on any atom is -0.473 e. The fourth-order valence-corrected chi connectivity index (χ4v) is 13.6. The first-order valence-corrected chi connectivity index (χ1v) is 30.6. The third-order valence-electron chi connectivity index (χ3n) is 17.0. The molecule has 0 bridgehead atoms. The molecule has 17 heteroatoms. The first-order valence-electron chi connectivity index (χ1n) is 28.4. The van der Waals surface area contributed by atoms with E-state index in [1.54, 1.807) is 18.3 Å². The number of hydrogen-bond donors (Lipinski definition) is 1. The number of anilines is 1. The van der Waals surface area contributed by atoms with E-state index >= 15 is 4.39 Å². The number of halogens is 3. The highest BCUT2D eigenvalue weighted by Crippen LogP contribution is 2.46. The lowest BCUT2D eigenvalue weighted by Crippen LogP contribution is -2.55. The summed E-state index contributed by atoms with van der Waals surface area (Å²) < 4.78 is 66.5. The number of amides is 1. The van der Waals surface area contributed by atoms with Gasteiger partial charge in [0.1, 0.15) is 39.2 Å². The Hall–Kier alpha value is -7.11. The SMILES string of the molecule is CC1(C)CCC(CN2CCN(c3ccc(C(=O)NS(=O)(=O)c4cnc(OCC5(F)CCN(C6COC6)CC5)c(Cl)c4)c(Oc4cccc5c4cnn5C(c4ccccc4)(c4ccccc4)c4ccccc4)c3)CC2)=C(c2ccc(Cl)cc2)C1. The van der Waals surface area contributed by atoms with E-state index in [1.165, 1.54) is 16.7 Å². The van der Waals surface area contributed by atoms with Gasteiger partial charge in [-0.05, 0) is 108 Å². The summed E-state index contributed by atoms with van der Waals surface area (Å²) in [6.45, 7) is 10.7. The van der Waals surface area contributed by atoms with Gasteiger partial charge in [0.15, 0.2) is 0 Å². The molecule has 0 atom stereocenters. The van der Waals surface area contributed by atoms with Gasteiger partial charge >= 0.3 is 0 Å². The molecular formula is C66H66Cl2FN7O6S. The number of ether oxygens (including phenoxy) is 3. The summed E-state index contributed by atoms with van der Waals surface area (Å²) in [5, 5.41) is 6.42. The van der Waals surface area contributed by atoms with Gasteiger partial charge in [0.25, 0.3) is 15.9 Å². The molecule has 2 aromatic heterocycles. The van der Waals surface area contributed by atoms with E-state index in [1.807, 2.05) is 95.7 Å². The number of fused-ring (bicyclic) bond motifs is 1. The lowest BCUT2D eigenvalue weighted by Gasteiger charge is -2.43. The zero-order valence-electron chi connectivity index (χ0n) is 46.5. The van der Waals surface area contributed by atoms with Crippen molar-refractivity contribution in [3.63, 3.8) is 0 Å². The maximum atomic E-state index is 15.9. The fourth-order valence-electron chi connectivity index (χ4n) is 12.2. The van der Waals surface area contributed by atoms with Crippen molar-refractivity contribution in [1.82, 2.24) is 29.3 Å². The number of pyridine rings is 1. The van der Waals surface area contributed by atoms with E-state index in [4.69, 9.17) is 42.5 Å². The molecule has 8 aromatic rings. The molecule has 13 nitrogen and oxygen atoms in total. The zero-order valence-corrected chi connectivity index (χ0v) is 48.9. The molecule has 4 aliphatic rings. The number of piperazine rings is 1. The maximum Gasteiger partial charge on any atom is 0.268 e. The topological polar surface area (TPSA) is 131 Å². The molecule has 428 valence electrons. The number of benzene rings is 6. The number of nitrogens with one attached hydrogen (secondary N) is 1. The number of allylic oxidation sites excluding steroid dienone is 1. The van der Waals surface area contributed by atoms with E-state index in [2.05, 4.69) is 86.8 Å². The number of sulfonamides is 1. The van der Waals surface area contributed by atoms with Crippen molar-refractivity contribution in [2.24, 2.45) is 5.41 Å². The second-order valence-electron chi connectivity index (χ2n) is 23.1. The predicted octanol–water partition coefficient (Wildman–Crippen LogP) is 12.9. The number of rotatable bonds is 17. The Morgan fingerprint density at radius 1 is 0.759 bits per heavy atom. The minimum atomic E-state index is -4.59. The second-order valence-corrected chi connectivity index (χ2v) is 25.6. The van der Waals surface area contributed by atoms with Gasteiger partial charge in [-0.15, -0.1) is 0 Å². The minimum absolute atomic E-state index is 0.0300. The Labute approximate surface area is 494 Å². The third kappa shape index (κ3) is 11.8. The highest BCUT2D eigenvalue weighted by molar-refractivity contribution is 7.90. The number of likely N-dealkylation sites (tertiary alicyclic amines) is 1. The van der Waals surface area contributed by atoms with Crippen LogP contribution in [-0.4, -0.2) is 116 Å². The number of aromatic nitrogens is 3. The summed E-state index contributed by atoms with van der Waals surface area (Å²) in [6, 6.07) is 51.4. The predicted molar refractivity (Wildman–Crippen MR) is 324 cm³/mol. The fraction of sp³-hybridized carbons (Fsp3) is 0.318. The van der Waals surface area contributed by atoms with E-state index < -0.39 is 27.1 Å². The van der Waals surface area contributed by atoms with E-state index in [9.17, 15) is 13.2 Å². The number of carbonyl (C=O) groups excluding carboxylic acids is 1. The second kappa shape index (κ2) is 23.5. The van der Waals surface area contributed by atoms with Crippen molar-refractivity contribution in [3.8, 4) is 17.4 Å². The average molecular weight is 1180 g/mol. The van der Waals surface area contributed by atoms with Crippen LogP contribution in [0.25, 0.3) is 16.5 Å². The molecule has 1 aliphatic carbocycles. The molecule has 5 heterocycles. The molecular weight excluding hydrogens is 1110 g/mol. The lowest BCUT2D eigenvalue weighted by atomic mass is 9.72. The maximum absolute atomic E-state index is 15.9. The van der Waals surface area contributed by atoms with Gasteiger partial charge < -0.3 is 19.1 Å². The molecule has 6 aromatic carbocycles. The van der Waals surface area contributed by atoms with Crippen LogP contribution >= 0.6 is 23.2 Å². The summed E-state index contributed by atoms with van der Waals surface area (Å²) in [5.74, 6) is -0.518. The van der Waals surface area contributed by atoms with E-state index in [0.717, 1.165) is 84.1 Å². The van der Waals surface area contributed by atoms with Gasteiger partial charge in [-0.1, -0.05) is 152 Å². The van der Waals surface area contributed by atoms with Crippen LogP contribution in [0.4, 0.5) is 10.1 Å². The number of alkyl halides is 1.